The predicted octanol–water partition coefficient (Wildman–Crippen LogP) is 3.79. The second-order valence-electron chi connectivity index (χ2n) is 6.74. The van der Waals surface area contributed by atoms with Gasteiger partial charge < -0.3 is 20.4 Å². The Labute approximate surface area is 178 Å². The van der Waals surface area contributed by atoms with Gasteiger partial charge in [0.2, 0.25) is 11.9 Å². The molecule has 0 aliphatic heterocycles. The molecule has 0 aliphatic carbocycles. The molecule has 9 heteroatoms. The number of rotatable bonds is 8. The fourth-order valence-electron chi connectivity index (χ4n) is 3.02. The number of nitrogens with two attached hydrogens (primary N) is 1. The number of nitrogens with zero attached hydrogens (tertiary/aromatic N) is 5. The summed E-state index contributed by atoms with van der Waals surface area (Å²) in [6.07, 6.45) is 0. The minimum Gasteiger partial charge on any atom is -0.383 e. The fraction of sp³-hybridized carbons (Fsp3) is 0.238. The van der Waals surface area contributed by atoms with Crippen LogP contribution in [-0.2, 0) is 17.0 Å². The summed E-state index contributed by atoms with van der Waals surface area (Å²) in [5.41, 5.74) is 10.0. The quantitative estimate of drug-likeness (QED) is 0.414. The lowest BCUT2D eigenvalue weighted by Gasteiger charge is -2.09. The van der Waals surface area contributed by atoms with Gasteiger partial charge in [-0.1, -0.05) is 41.6 Å². The van der Waals surface area contributed by atoms with E-state index in [-0.39, 0.29) is 5.95 Å². The van der Waals surface area contributed by atoms with Crippen LogP contribution in [0.15, 0.2) is 53.7 Å². The zero-order valence-corrected chi connectivity index (χ0v) is 17.7. The zero-order chi connectivity index (χ0) is 20.9. The molecule has 0 unspecified atom stereocenters. The van der Waals surface area contributed by atoms with Gasteiger partial charge in [0.25, 0.3) is 0 Å². The molecular formula is C21H23N7OS. The Hall–Kier alpha value is -3.17. The maximum absolute atomic E-state index is 5.91. The van der Waals surface area contributed by atoms with E-state index < -0.39 is 0 Å². The number of imidazole rings is 1. The number of hydrogen-bond acceptors (Lipinski definition) is 8. The Kier molecular flexibility index (Phi) is 6.10. The molecule has 2 heterocycles. The van der Waals surface area contributed by atoms with Crippen LogP contribution in [0, 0.1) is 6.92 Å². The average Bonchev–Trinajstić information content (AvgIpc) is 3.09. The van der Waals surface area contributed by atoms with E-state index in [1.807, 2.05) is 49.4 Å². The first-order valence-electron chi connectivity index (χ1n) is 9.53. The van der Waals surface area contributed by atoms with Crippen molar-refractivity contribution in [2.45, 2.75) is 24.4 Å². The molecule has 4 aromatic rings. The van der Waals surface area contributed by atoms with Crippen LogP contribution in [0.1, 0.15) is 11.4 Å². The van der Waals surface area contributed by atoms with Crippen molar-refractivity contribution in [3.8, 4) is 0 Å². The van der Waals surface area contributed by atoms with E-state index >= 15 is 0 Å². The van der Waals surface area contributed by atoms with Crippen LogP contribution in [0.4, 0.5) is 17.6 Å². The third-order valence-corrected chi connectivity index (χ3v) is 5.45. The van der Waals surface area contributed by atoms with Gasteiger partial charge in [-0.3, -0.25) is 0 Å². The molecule has 154 valence electrons. The average molecular weight is 422 g/mol. The Balaban J connectivity index is 1.53. The minimum atomic E-state index is 0.183. The Morgan fingerprint density at radius 3 is 2.63 bits per heavy atom. The van der Waals surface area contributed by atoms with Crippen LogP contribution in [0.25, 0.3) is 11.0 Å². The van der Waals surface area contributed by atoms with E-state index in [0.29, 0.717) is 24.1 Å². The first-order valence-corrected chi connectivity index (χ1v) is 10.5. The highest BCUT2D eigenvalue weighted by molar-refractivity contribution is 7.98. The molecule has 0 atom stereocenters. The second-order valence-corrected chi connectivity index (χ2v) is 7.68. The molecule has 3 N–H and O–H groups in total. The van der Waals surface area contributed by atoms with Crippen molar-refractivity contribution in [3.63, 3.8) is 0 Å². The first kappa shape index (κ1) is 20.1. The molecule has 0 aliphatic rings. The Morgan fingerprint density at radius 1 is 1.03 bits per heavy atom. The van der Waals surface area contributed by atoms with Gasteiger partial charge in [0.15, 0.2) is 5.16 Å². The summed E-state index contributed by atoms with van der Waals surface area (Å²) < 4.78 is 7.41. The van der Waals surface area contributed by atoms with Crippen molar-refractivity contribution < 1.29 is 4.74 Å². The summed E-state index contributed by atoms with van der Waals surface area (Å²) >= 11 is 1.56. The number of fused-ring (bicyclic) bond motifs is 1. The lowest BCUT2D eigenvalue weighted by Crippen LogP contribution is -2.08. The molecule has 0 spiro atoms. The number of ether oxygens (including phenoxy) is 1. The van der Waals surface area contributed by atoms with Gasteiger partial charge in [0, 0.05) is 19.3 Å². The van der Waals surface area contributed by atoms with Crippen LogP contribution in [-0.4, -0.2) is 38.2 Å². The molecule has 30 heavy (non-hydrogen) atoms. The molecule has 8 nitrogen and oxygen atoms in total. The molecular weight excluding hydrogens is 398 g/mol. The zero-order valence-electron chi connectivity index (χ0n) is 16.9. The molecule has 4 rings (SSSR count). The monoisotopic (exact) mass is 421 g/mol. The lowest BCUT2D eigenvalue weighted by molar-refractivity contribution is 0.186. The Morgan fingerprint density at radius 2 is 1.83 bits per heavy atom. The van der Waals surface area contributed by atoms with E-state index in [1.165, 1.54) is 5.56 Å². The maximum Gasteiger partial charge on any atom is 0.232 e. The number of nitrogens with one attached hydrogen (secondary N) is 1. The van der Waals surface area contributed by atoms with Crippen LogP contribution in [0.2, 0.25) is 0 Å². The van der Waals surface area contributed by atoms with Gasteiger partial charge in [0.1, 0.15) is 5.82 Å². The Bertz CT molecular complexity index is 1140. The van der Waals surface area contributed by atoms with Gasteiger partial charge in [0.05, 0.1) is 23.4 Å². The second kappa shape index (κ2) is 9.10. The third kappa shape index (κ3) is 4.69. The van der Waals surface area contributed by atoms with Gasteiger partial charge in [-0.25, -0.2) is 4.98 Å². The molecule has 0 saturated heterocycles. The summed E-state index contributed by atoms with van der Waals surface area (Å²) in [5, 5.41) is 4.07. The van der Waals surface area contributed by atoms with E-state index in [4.69, 9.17) is 15.5 Å². The van der Waals surface area contributed by atoms with Crippen molar-refractivity contribution in [1.82, 2.24) is 24.5 Å². The van der Waals surface area contributed by atoms with Crippen LogP contribution < -0.4 is 11.1 Å². The number of methoxy groups -OCH3 is 1. The van der Waals surface area contributed by atoms with Crippen molar-refractivity contribution >= 4 is 40.4 Å². The predicted molar refractivity (Wildman–Crippen MR) is 120 cm³/mol. The minimum absolute atomic E-state index is 0.183. The van der Waals surface area contributed by atoms with Crippen LogP contribution in [0.5, 0.6) is 0 Å². The summed E-state index contributed by atoms with van der Waals surface area (Å²) in [6, 6.07) is 16.1. The number of anilines is 3. The topological polar surface area (TPSA) is 104 Å². The highest BCUT2D eigenvalue weighted by Crippen LogP contribution is 2.26. The number of benzene rings is 2. The summed E-state index contributed by atoms with van der Waals surface area (Å²) in [7, 11) is 1.70. The molecule has 0 bridgehead atoms. The summed E-state index contributed by atoms with van der Waals surface area (Å²) in [6.45, 7) is 3.37. The molecule has 0 saturated carbocycles. The van der Waals surface area contributed by atoms with Gasteiger partial charge in [-0.05, 0) is 31.2 Å². The highest BCUT2D eigenvalue weighted by atomic mass is 32.2. The highest BCUT2D eigenvalue weighted by Gasteiger charge is 2.13. The summed E-state index contributed by atoms with van der Waals surface area (Å²) in [4.78, 5) is 17.8. The number of hydrogen-bond donors (Lipinski definition) is 2. The molecule has 0 amide bonds. The van der Waals surface area contributed by atoms with Crippen molar-refractivity contribution in [1.29, 1.82) is 0 Å². The smallest absolute Gasteiger partial charge is 0.232 e. The van der Waals surface area contributed by atoms with E-state index in [2.05, 4.69) is 30.9 Å². The van der Waals surface area contributed by atoms with Crippen molar-refractivity contribution in [2.75, 3.05) is 24.8 Å². The number of thioether (sulfide) groups is 1. The number of nitrogen functional groups attached to an aromatic ring is 1. The third-order valence-electron chi connectivity index (χ3n) is 4.48. The normalized spacial score (nSPS) is 11.1. The van der Waals surface area contributed by atoms with Gasteiger partial charge in [-0.15, -0.1) is 0 Å². The molecule has 2 aromatic heterocycles. The SMILES string of the molecule is COCCn1c(SCc2nc(N)nc(Nc3ccc(C)cc3)n2)nc2ccccc21. The van der Waals surface area contributed by atoms with Crippen molar-refractivity contribution in [3.05, 3.63) is 59.9 Å². The molecule has 0 radical (unpaired) electrons. The maximum atomic E-state index is 5.91. The number of aryl methyl sites for hydroxylation is 1. The fourth-order valence-corrected chi connectivity index (χ4v) is 3.91. The van der Waals surface area contributed by atoms with E-state index in [0.717, 1.165) is 28.4 Å². The van der Waals surface area contributed by atoms with E-state index in [9.17, 15) is 0 Å². The van der Waals surface area contributed by atoms with Gasteiger partial charge in [-0.2, -0.15) is 15.0 Å². The standard InChI is InChI=1S/C21H23N7OS/c1-14-7-9-15(10-8-14)23-20-26-18(25-19(22)27-20)13-30-21-24-16-5-3-4-6-17(16)28(21)11-12-29-2/h3-10H,11-13H2,1-2H3,(H3,22,23,25,26,27). The number of para-hydroxylation sites is 2. The lowest BCUT2D eigenvalue weighted by atomic mass is 10.2. The number of aromatic nitrogens is 5. The summed E-state index contributed by atoms with van der Waals surface area (Å²) in [5.74, 6) is 1.72. The van der Waals surface area contributed by atoms with Crippen LogP contribution in [0.3, 0.4) is 0 Å². The molecule has 0 fully saturated rings. The van der Waals surface area contributed by atoms with E-state index in [1.54, 1.807) is 18.9 Å². The van der Waals surface area contributed by atoms with Crippen LogP contribution >= 0.6 is 11.8 Å². The van der Waals surface area contributed by atoms with Gasteiger partial charge >= 0.3 is 0 Å². The van der Waals surface area contributed by atoms with Crippen molar-refractivity contribution in [2.24, 2.45) is 0 Å². The first-order chi connectivity index (χ1) is 14.6. The molecule has 2 aromatic carbocycles. The largest absolute Gasteiger partial charge is 0.383 e.